The summed E-state index contributed by atoms with van der Waals surface area (Å²) in [4.78, 5) is 0. The highest BCUT2D eigenvalue weighted by Crippen LogP contribution is 2.46. The van der Waals surface area contributed by atoms with Crippen LogP contribution in [0.3, 0.4) is 0 Å². The molecule has 108 valence electrons. The Morgan fingerprint density at radius 2 is 1.50 bits per heavy atom. The molecule has 1 saturated heterocycles. The van der Waals surface area contributed by atoms with Crippen LogP contribution in [0, 0.1) is 0 Å². The van der Waals surface area contributed by atoms with Gasteiger partial charge in [-0.05, 0) is 32.4 Å². The summed E-state index contributed by atoms with van der Waals surface area (Å²) < 4.78 is 6.72. The summed E-state index contributed by atoms with van der Waals surface area (Å²) in [6.45, 7) is 13.9. The average Bonchev–Trinajstić information content (AvgIpc) is 2.30. The fourth-order valence-electron chi connectivity index (χ4n) is 2.80. The van der Waals surface area contributed by atoms with Gasteiger partial charge in [0.25, 0.3) is 0 Å². The fourth-order valence-corrected chi connectivity index (χ4v) is 10.4. The Bertz CT molecular complexity index is 285. The topological polar surface area (TPSA) is 9.23 Å². The highest BCUT2D eigenvalue weighted by atomic mass is 35.5. The summed E-state index contributed by atoms with van der Waals surface area (Å²) in [6.07, 6.45) is 2.90. The molecule has 1 rings (SSSR count). The van der Waals surface area contributed by atoms with Gasteiger partial charge in [0, 0.05) is 0 Å². The lowest BCUT2D eigenvalue weighted by atomic mass is 9.89. The highest BCUT2D eigenvalue weighted by molar-refractivity contribution is 7.38. The first kappa shape index (κ1) is 17.0. The van der Waals surface area contributed by atoms with E-state index in [0.717, 1.165) is 19.3 Å². The second kappa shape index (κ2) is 5.76. The van der Waals surface area contributed by atoms with Gasteiger partial charge < -0.3 is 4.43 Å². The molecule has 0 amide bonds. The zero-order valence-electron chi connectivity index (χ0n) is 12.6. The van der Waals surface area contributed by atoms with E-state index in [-0.39, 0.29) is 16.4 Å². The largest absolute Gasteiger partial charge is 0.412 e. The molecule has 0 aromatic rings. The predicted molar refractivity (Wildman–Crippen MR) is 88.1 cm³/mol. The van der Waals surface area contributed by atoms with E-state index in [1.165, 1.54) is 6.04 Å². The number of rotatable bonds is 4. The van der Waals surface area contributed by atoms with Gasteiger partial charge >= 0.3 is 0 Å². The second-order valence-corrected chi connectivity index (χ2v) is 22.9. The van der Waals surface area contributed by atoms with Gasteiger partial charge in [0.2, 0.25) is 0 Å². The minimum atomic E-state index is -1.64. The van der Waals surface area contributed by atoms with Crippen LogP contribution in [0.15, 0.2) is 0 Å². The van der Waals surface area contributed by atoms with Gasteiger partial charge in [-0.2, -0.15) is 0 Å². The van der Waals surface area contributed by atoms with Crippen molar-refractivity contribution in [3.63, 3.8) is 0 Å². The molecule has 1 aliphatic rings. The van der Waals surface area contributed by atoms with Crippen LogP contribution in [0.1, 0.15) is 33.1 Å². The smallest absolute Gasteiger partial charge is 0.174 e. The molecule has 0 bridgehead atoms. The van der Waals surface area contributed by atoms with Crippen molar-refractivity contribution in [2.45, 2.75) is 81.7 Å². The van der Waals surface area contributed by atoms with E-state index >= 15 is 0 Å². The molecule has 0 aromatic carbocycles. The first-order chi connectivity index (χ1) is 8.13. The van der Waals surface area contributed by atoms with Crippen LogP contribution in [-0.4, -0.2) is 31.8 Å². The molecule has 1 heterocycles. The summed E-state index contributed by atoms with van der Waals surface area (Å²) in [5, 5.41) is 0.0775. The number of alkyl halides is 2. The van der Waals surface area contributed by atoms with Crippen molar-refractivity contribution in [2.75, 3.05) is 0 Å². The maximum atomic E-state index is 6.72. The normalized spacial score (nSPS) is 34.0. The van der Waals surface area contributed by atoms with Crippen molar-refractivity contribution in [3.8, 4) is 0 Å². The predicted octanol–water partition coefficient (Wildman–Crippen LogP) is 5.17. The van der Waals surface area contributed by atoms with Crippen LogP contribution in [0.4, 0.5) is 0 Å². The Labute approximate surface area is 125 Å². The van der Waals surface area contributed by atoms with E-state index in [2.05, 4.69) is 40.0 Å². The van der Waals surface area contributed by atoms with Crippen LogP contribution in [-0.2, 0) is 4.43 Å². The third-order valence-electron chi connectivity index (χ3n) is 4.99. The summed E-state index contributed by atoms with van der Waals surface area (Å²) in [6, 6.07) is 1.30. The lowest BCUT2D eigenvalue weighted by Crippen LogP contribution is -2.69. The minimum Gasteiger partial charge on any atom is -0.412 e. The van der Waals surface area contributed by atoms with Crippen LogP contribution in [0.5, 0.6) is 0 Å². The molecule has 18 heavy (non-hydrogen) atoms. The monoisotopic (exact) mass is 326 g/mol. The van der Waals surface area contributed by atoms with Gasteiger partial charge in [0.1, 0.15) is 0 Å². The van der Waals surface area contributed by atoms with Crippen LogP contribution in [0.2, 0.25) is 32.2 Å². The molecular formula is C13H28Cl2OSi2. The molecule has 0 aliphatic carbocycles. The SMILES string of the molecule is CCC(Cl)C1(C(Cl)CC)CC[Si](C)(C)[Si](C)(C)O1. The van der Waals surface area contributed by atoms with E-state index in [4.69, 9.17) is 27.6 Å². The van der Waals surface area contributed by atoms with Crippen molar-refractivity contribution in [2.24, 2.45) is 0 Å². The van der Waals surface area contributed by atoms with Crippen molar-refractivity contribution in [1.82, 2.24) is 0 Å². The Balaban J connectivity index is 3.09. The van der Waals surface area contributed by atoms with E-state index in [1.54, 1.807) is 0 Å². The molecule has 5 heteroatoms. The number of hydrogen-bond donors (Lipinski definition) is 0. The number of hydrogen-bond acceptors (Lipinski definition) is 1. The number of halogens is 2. The lowest BCUT2D eigenvalue weighted by molar-refractivity contribution is 0.0416. The summed E-state index contributed by atoms with van der Waals surface area (Å²) in [5.41, 5.74) is -0.287. The fraction of sp³-hybridized carbons (Fsp3) is 1.00. The summed E-state index contributed by atoms with van der Waals surface area (Å²) in [5.74, 6) is 0. The van der Waals surface area contributed by atoms with Crippen molar-refractivity contribution < 1.29 is 4.43 Å². The first-order valence-corrected chi connectivity index (χ1v) is 15.1. The van der Waals surface area contributed by atoms with Gasteiger partial charge in [-0.15, -0.1) is 23.2 Å². The molecule has 0 spiro atoms. The lowest BCUT2D eigenvalue weighted by Gasteiger charge is -2.55. The molecule has 2 atom stereocenters. The maximum Gasteiger partial charge on any atom is 0.174 e. The molecule has 2 unspecified atom stereocenters. The zero-order chi connectivity index (χ0) is 14.2. The third kappa shape index (κ3) is 2.85. The molecule has 1 fully saturated rings. The molecule has 0 radical (unpaired) electrons. The summed E-state index contributed by atoms with van der Waals surface area (Å²) >= 11 is 13.2. The molecular weight excluding hydrogens is 299 g/mol. The first-order valence-electron chi connectivity index (χ1n) is 7.11. The van der Waals surface area contributed by atoms with Gasteiger partial charge in [0.15, 0.2) is 7.83 Å². The zero-order valence-corrected chi connectivity index (χ0v) is 16.2. The molecule has 0 saturated carbocycles. The van der Waals surface area contributed by atoms with E-state index in [1.807, 2.05) is 0 Å². The van der Waals surface area contributed by atoms with Crippen molar-refractivity contribution in [3.05, 3.63) is 0 Å². The Morgan fingerprint density at radius 1 is 1.06 bits per heavy atom. The minimum absolute atomic E-state index is 0.0387. The van der Waals surface area contributed by atoms with Crippen LogP contribution in [0.25, 0.3) is 0 Å². The van der Waals surface area contributed by atoms with E-state index in [9.17, 15) is 0 Å². The Kier molecular flexibility index (Phi) is 5.45. The third-order valence-corrected chi connectivity index (χ3v) is 22.8. The standard InChI is InChI=1S/C13H28Cl2OSi2/c1-7-11(14)13(12(15)8-2)9-10-17(3,4)18(5,6)16-13/h11-12H,7-10H2,1-6H3. The van der Waals surface area contributed by atoms with Gasteiger partial charge in [-0.3, -0.25) is 0 Å². The van der Waals surface area contributed by atoms with Crippen molar-refractivity contribution >= 4 is 38.6 Å². The second-order valence-electron chi connectivity index (χ2n) is 6.70. The highest BCUT2D eigenvalue weighted by Gasteiger charge is 2.57. The summed E-state index contributed by atoms with van der Waals surface area (Å²) in [7, 11) is -2.87. The maximum absolute atomic E-state index is 6.72. The average molecular weight is 327 g/mol. The van der Waals surface area contributed by atoms with Gasteiger partial charge in [-0.1, -0.05) is 33.0 Å². The Morgan fingerprint density at radius 3 is 1.83 bits per heavy atom. The van der Waals surface area contributed by atoms with Gasteiger partial charge in [0.05, 0.1) is 23.9 Å². The molecule has 0 aromatic heterocycles. The van der Waals surface area contributed by atoms with E-state index < -0.39 is 15.4 Å². The molecule has 1 aliphatic heterocycles. The quantitative estimate of drug-likeness (QED) is 0.511. The van der Waals surface area contributed by atoms with E-state index in [0.29, 0.717) is 0 Å². The molecule has 1 nitrogen and oxygen atoms in total. The van der Waals surface area contributed by atoms with Crippen LogP contribution < -0.4 is 0 Å². The van der Waals surface area contributed by atoms with Crippen LogP contribution >= 0.6 is 23.2 Å². The molecule has 0 N–H and O–H groups in total. The van der Waals surface area contributed by atoms with Gasteiger partial charge in [-0.25, -0.2) is 0 Å². The Hall–Kier alpha value is 0.974. The van der Waals surface area contributed by atoms with Crippen molar-refractivity contribution in [1.29, 1.82) is 0 Å².